The van der Waals surface area contributed by atoms with Crippen molar-refractivity contribution in [3.63, 3.8) is 0 Å². The van der Waals surface area contributed by atoms with Gasteiger partial charge in [-0.2, -0.15) is 0 Å². The van der Waals surface area contributed by atoms with Gasteiger partial charge in [-0.05, 0) is 76.3 Å². The predicted octanol–water partition coefficient (Wildman–Crippen LogP) is 2.71. The van der Waals surface area contributed by atoms with Crippen LogP contribution in [0.5, 0.6) is 11.5 Å². The molecule has 23 heavy (non-hydrogen) atoms. The average Bonchev–Trinajstić information content (AvgIpc) is 2.57. The van der Waals surface area contributed by atoms with Gasteiger partial charge in [-0.1, -0.05) is 12.1 Å². The molecule has 2 aliphatic rings. The van der Waals surface area contributed by atoms with Gasteiger partial charge in [0.1, 0.15) is 6.10 Å². The van der Waals surface area contributed by atoms with E-state index in [0.29, 0.717) is 5.92 Å². The van der Waals surface area contributed by atoms with Gasteiger partial charge in [0.05, 0.1) is 7.11 Å². The number of likely N-dealkylation sites (N-methyl/N-ethyl adjacent to an activating group) is 1. The van der Waals surface area contributed by atoms with Crippen molar-refractivity contribution in [3.8, 4) is 11.5 Å². The van der Waals surface area contributed by atoms with E-state index >= 15 is 0 Å². The first kappa shape index (κ1) is 16.6. The minimum Gasteiger partial charge on any atom is -0.493 e. The molecule has 1 aromatic carbocycles. The van der Waals surface area contributed by atoms with Crippen LogP contribution in [0.2, 0.25) is 0 Å². The Kier molecular flexibility index (Phi) is 5.79. The predicted molar refractivity (Wildman–Crippen MR) is 93.4 cm³/mol. The largest absolute Gasteiger partial charge is 0.493 e. The second kappa shape index (κ2) is 8.02. The van der Waals surface area contributed by atoms with Crippen molar-refractivity contribution < 1.29 is 9.47 Å². The van der Waals surface area contributed by atoms with Gasteiger partial charge in [-0.3, -0.25) is 0 Å². The fourth-order valence-electron chi connectivity index (χ4n) is 3.81. The van der Waals surface area contributed by atoms with Crippen LogP contribution in [0.25, 0.3) is 0 Å². The quantitative estimate of drug-likeness (QED) is 0.905. The summed E-state index contributed by atoms with van der Waals surface area (Å²) in [4.78, 5) is 2.36. The fraction of sp³-hybridized carbons (Fsp3) is 0.684. The topological polar surface area (TPSA) is 33.7 Å². The summed E-state index contributed by atoms with van der Waals surface area (Å²) in [6, 6.07) is 6.31. The van der Waals surface area contributed by atoms with Gasteiger partial charge in [0.15, 0.2) is 11.5 Å². The summed E-state index contributed by atoms with van der Waals surface area (Å²) >= 11 is 0. The zero-order valence-electron chi connectivity index (χ0n) is 14.5. The summed E-state index contributed by atoms with van der Waals surface area (Å²) in [7, 11) is 3.91. The van der Waals surface area contributed by atoms with Crippen molar-refractivity contribution in [2.24, 2.45) is 5.92 Å². The number of ether oxygens (including phenoxy) is 2. The number of nitrogens with zero attached hydrogens (tertiary/aromatic N) is 1. The lowest BCUT2D eigenvalue weighted by Gasteiger charge is -2.31. The van der Waals surface area contributed by atoms with E-state index in [4.69, 9.17) is 9.47 Å². The van der Waals surface area contributed by atoms with Gasteiger partial charge in [0.2, 0.25) is 0 Å². The van der Waals surface area contributed by atoms with Crippen LogP contribution >= 0.6 is 0 Å². The highest BCUT2D eigenvalue weighted by molar-refractivity contribution is 5.47. The van der Waals surface area contributed by atoms with Crippen molar-refractivity contribution in [2.75, 3.05) is 40.3 Å². The Morgan fingerprint density at radius 2 is 2.17 bits per heavy atom. The van der Waals surface area contributed by atoms with Crippen LogP contribution in [0.4, 0.5) is 0 Å². The molecule has 2 aliphatic heterocycles. The van der Waals surface area contributed by atoms with Crippen LogP contribution in [-0.2, 0) is 6.42 Å². The minimum atomic E-state index is 0.272. The SMILES string of the molecule is COc1cccc(CC2CCCNC2)c1OC1CCCN(C)C1. The molecular formula is C19H30N2O2. The molecule has 0 aromatic heterocycles. The molecule has 2 fully saturated rings. The molecule has 2 saturated heterocycles. The van der Waals surface area contributed by atoms with Crippen LogP contribution in [0.1, 0.15) is 31.2 Å². The number of para-hydroxylation sites is 1. The Bertz CT molecular complexity index is 500. The first-order valence-corrected chi connectivity index (χ1v) is 8.98. The van der Waals surface area contributed by atoms with E-state index in [0.717, 1.165) is 44.0 Å². The molecule has 0 radical (unpaired) electrons. The standard InChI is InChI=1S/C19H30N2O2/c1-21-11-5-8-17(14-21)23-19-16(7-3-9-18(19)22-2)12-15-6-4-10-20-13-15/h3,7,9,15,17,20H,4-6,8,10-14H2,1-2H3. The van der Waals surface area contributed by atoms with Crippen LogP contribution in [0.15, 0.2) is 18.2 Å². The Hall–Kier alpha value is -1.26. The zero-order chi connectivity index (χ0) is 16.1. The first-order valence-electron chi connectivity index (χ1n) is 8.98. The van der Waals surface area contributed by atoms with E-state index in [-0.39, 0.29) is 6.10 Å². The molecule has 1 N–H and O–H groups in total. The molecule has 3 rings (SSSR count). The maximum atomic E-state index is 6.43. The third-order valence-corrected chi connectivity index (χ3v) is 5.05. The molecule has 0 bridgehead atoms. The summed E-state index contributed by atoms with van der Waals surface area (Å²) in [5.74, 6) is 2.55. The molecule has 0 spiro atoms. The molecule has 1 aromatic rings. The van der Waals surface area contributed by atoms with Gasteiger partial charge in [-0.15, -0.1) is 0 Å². The van der Waals surface area contributed by atoms with Crippen molar-refractivity contribution in [3.05, 3.63) is 23.8 Å². The zero-order valence-corrected chi connectivity index (χ0v) is 14.5. The van der Waals surface area contributed by atoms with E-state index in [9.17, 15) is 0 Å². The van der Waals surface area contributed by atoms with Crippen molar-refractivity contribution >= 4 is 0 Å². The number of hydrogen-bond acceptors (Lipinski definition) is 4. The third kappa shape index (κ3) is 4.39. The molecular weight excluding hydrogens is 288 g/mol. The van der Waals surface area contributed by atoms with Crippen LogP contribution in [0.3, 0.4) is 0 Å². The summed E-state index contributed by atoms with van der Waals surface area (Å²) in [6.45, 7) is 4.45. The van der Waals surface area contributed by atoms with E-state index in [2.05, 4.69) is 29.4 Å². The Balaban J connectivity index is 1.75. The van der Waals surface area contributed by atoms with Gasteiger partial charge in [0, 0.05) is 6.54 Å². The number of rotatable bonds is 5. The summed E-state index contributed by atoms with van der Waals surface area (Å²) in [5.41, 5.74) is 1.30. The number of nitrogens with one attached hydrogen (secondary N) is 1. The Morgan fingerprint density at radius 1 is 1.26 bits per heavy atom. The van der Waals surface area contributed by atoms with Gasteiger partial charge < -0.3 is 19.7 Å². The van der Waals surface area contributed by atoms with Gasteiger partial charge >= 0.3 is 0 Å². The highest BCUT2D eigenvalue weighted by atomic mass is 16.5. The highest BCUT2D eigenvalue weighted by Crippen LogP contribution is 2.35. The van der Waals surface area contributed by atoms with Crippen LogP contribution < -0.4 is 14.8 Å². The number of hydrogen-bond donors (Lipinski definition) is 1. The Morgan fingerprint density at radius 3 is 2.91 bits per heavy atom. The lowest BCUT2D eigenvalue weighted by molar-refractivity contribution is 0.0999. The first-order chi connectivity index (χ1) is 11.3. The molecule has 0 saturated carbocycles. The summed E-state index contributed by atoms with van der Waals surface area (Å²) in [6.07, 6.45) is 6.26. The van der Waals surface area contributed by atoms with E-state index in [1.807, 2.05) is 6.07 Å². The second-order valence-electron chi connectivity index (χ2n) is 7.01. The number of likely N-dealkylation sites (tertiary alicyclic amines) is 1. The Labute approximate surface area is 140 Å². The minimum absolute atomic E-state index is 0.272. The van der Waals surface area contributed by atoms with E-state index in [1.165, 1.54) is 31.4 Å². The maximum absolute atomic E-state index is 6.43. The fourth-order valence-corrected chi connectivity index (χ4v) is 3.81. The molecule has 128 valence electrons. The van der Waals surface area contributed by atoms with Gasteiger partial charge in [0.25, 0.3) is 0 Å². The van der Waals surface area contributed by atoms with Crippen molar-refractivity contribution in [2.45, 2.75) is 38.2 Å². The lowest BCUT2D eigenvalue weighted by Crippen LogP contribution is -2.38. The molecule has 4 heteroatoms. The molecule has 2 atom stereocenters. The monoisotopic (exact) mass is 318 g/mol. The van der Waals surface area contributed by atoms with E-state index < -0.39 is 0 Å². The molecule has 2 heterocycles. The van der Waals surface area contributed by atoms with Gasteiger partial charge in [-0.25, -0.2) is 0 Å². The third-order valence-electron chi connectivity index (χ3n) is 5.05. The van der Waals surface area contributed by atoms with Crippen LogP contribution in [0, 0.1) is 5.92 Å². The number of piperidine rings is 2. The lowest BCUT2D eigenvalue weighted by atomic mass is 9.92. The average molecular weight is 318 g/mol. The van der Waals surface area contributed by atoms with Crippen LogP contribution in [-0.4, -0.2) is 51.3 Å². The van der Waals surface area contributed by atoms with Crippen molar-refractivity contribution in [1.29, 1.82) is 0 Å². The number of benzene rings is 1. The van der Waals surface area contributed by atoms with E-state index in [1.54, 1.807) is 7.11 Å². The molecule has 0 amide bonds. The molecule has 2 unspecified atom stereocenters. The normalized spacial score (nSPS) is 26.0. The number of methoxy groups -OCH3 is 1. The molecule has 0 aliphatic carbocycles. The highest BCUT2D eigenvalue weighted by Gasteiger charge is 2.23. The maximum Gasteiger partial charge on any atom is 0.164 e. The summed E-state index contributed by atoms with van der Waals surface area (Å²) in [5, 5.41) is 3.51. The summed E-state index contributed by atoms with van der Waals surface area (Å²) < 4.78 is 12.0. The second-order valence-corrected chi connectivity index (χ2v) is 7.01. The molecule has 4 nitrogen and oxygen atoms in total. The smallest absolute Gasteiger partial charge is 0.164 e. The van der Waals surface area contributed by atoms with Crippen molar-refractivity contribution in [1.82, 2.24) is 10.2 Å².